The first-order valence-electron chi connectivity index (χ1n) is 6.53. The summed E-state index contributed by atoms with van der Waals surface area (Å²) in [6.45, 7) is 3.58. The number of hydrogen-bond donors (Lipinski definition) is 1. The van der Waals surface area contributed by atoms with Crippen molar-refractivity contribution in [1.29, 1.82) is 0 Å². The molecule has 0 amide bonds. The van der Waals surface area contributed by atoms with E-state index in [4.69, 9.17) is 0 Å². The molecule has 2 aliphatic heterocycles. The van der Waals surface area contributed by atoms with Crippen molar-refractivity contribution in [2.75, 3.05) is 31.1 Å². The topological polar surface area (TPSA) is 28.2 Å². The first kappa shape index (κ1) is 15.4. The average Bonchev–Trinajstić information content (AvgIpc) is 2.81. The number of aromatic nitrogens is 1. The highest BCUT2D eigenvalue weighted by Crippen LogP contribution is 2.34. The van der Waals surface area contributed by atoms with Crippen LogP contribution in [0.1, 0.15) is 12.0 Å². The van der Waals surface area contributed by atoms with Gasteiger partial charge in [0.25, 0.3) is 0 Å². The van der Waals surface area contributed by atoms with Crippen molar-refractivity contribution >= 4 is 18.2 Å². The van der Waals surface area contributed by atoms with E-state index in [1.807, 2.05) is 4.90 Å². The fourth-order valence-electron chi connectivity index (χ4n) is 3.03. The molecule has 7 heteroatoms. The van der Waals surface area contributed by atoms with E-state index in [1.165, 1.54) is 6.20 Å². The predicted octanol–water partition coefficient (Wildman–Crippen LogP) is 2.57. The largest absolute Gasteiger partial charge is 0.416 e. The molecule has 1 aromatic heterocycles. The van der Waals surface area contributed by atoms with Gasteiger partial charge in [0.2, 0.25) is 0 Å². The summed E-state index contributed by atoms with van der Waals surface area (Å²) in [6, 6.07) is 2.18. The SMILES string of the molecule is Cl.FC(F)(F)c1ccnc(N2C[C@H]3CNCC[C@H]3C2)c1. The maximum absolute atomic E-state index is 12.7. The highest BCUT2D eigenvalue weighted by molar-refractivity contribution is 5.85. The minimum Gasteiger partial charge on any atom is -0.356 e. The van der Waals surface area contributed by atoms with Crippen LogP contribution in [0.4, 0.5) is 19.0 Å². The molecule has 2 fully saturated rings. The molecular formula is C13H17ClF3N3. The third kappa shape index (κ3) is 3.01. The Morgan fingerprint density at radius 2 is 2.00 bits per heavy atom. The van der Waals surface area contributed by atoms with Crippen LogP contribution in [-0.4, -0.2) is 31.2 Å². The Labute approximate surface area is 122 Å². The normalized spacial score (nSPS) is 26.1. The van der Waals surface area contributed by atoms with Gasteiger partial charge in [0.15, 0.2) is 0 Å². The number of nitrogens with zero attached hydrogens (tertiary/aromatic N) is 2. The summed E-state index contributed by atoms with van der Waals surface area (Å²) in [7, 11) is 0. The number of rotatable bonds is 1. The lowest BCUT2D eigenvalue weighted by atomic mass is 9.90. The lowest BCUT2D eigenvalue weighted by molar-refractivity contribution is -0.137. The van der Waals surface area contributed by atoms with Crippen LogP contribution in [0.2, 0.25) is 0 Å². The highest BCUT2D eigenvalue weighted by Gasteiger charge is 2.36. The zero-order chi connectivity index (χ0) is 13.5. The molecule has 0 saturated carbocycles. The number of alkyl halides is 3. The van der Waals surface area contributed by atoms with Crippen molar-refractivity contribution in [2.45, 2.75) is 12.6 Å². The van der Waals surface area contributed by atoms with Crippen LogP contribution in [0, 0.1) is 11.8 Å². The van der Waals surface area contributed by atoms with E-state index < -0.39 is 11.7 Å². The van der Waals surface area contributed by atoms with Gasteiger partial charge in [-0.05, 0) is 43.5 Å². The van der Waals surface area contributed by atoms with Crippen molar-refractivity contribution in [3.63, 3.8) is 0 Å². The van der Waals surface area contributed by atoms with E-state index in [-0.39, 0.29) is 12.4 Å². The second-order valence-electron chi connectivity index (χ2n) is 5.32. The van der Waals surface area contributed by atoms with Gasteiger partial charge >= 0.3 is 6.18 Å². The average molecular weight is 308 g/mol. The van der Waals surface area contributed by atoms with E-state index in [2.05, 4.69) is 10.3 Å². The second-order valence-corrected chi connectivity index (χ2v) is 5.32. The van der Waals surface area contributed by atoms with E-state index in [1.54, 1.807) is 0 Å². The van der Waals surface area contributed by atoms with Gasteiger partial charge in [-0.25, -0.2) is 4.98 Å². The minimum absolute atomic E-state index is 0. The first-order valence-corrected chi connectivity index (χ1v) is 6.53. The van der Waals surface area contributed by atoms with Crippen LogP contribution >= 0.6 is 12.4 Å². The van der Waals surface area contributed by atoms with Crippen molar-refractivity contribution in [3.05, 3.63) is 23.9 Å². The Bertz CT molecular complexity index is 452. The van der Waals surface area contributed by atoms with Gasteiger partial charge in [0.05, 0.1) is 5.56 Å². The monoisotopic (exact) mass is 307 g/mol. The molecule has 2 aliphatic rings. The van der Waals surface area contributed by atoms with Gasteiger partial charge in [-0.15, -0.1) is 12.4 Å². The summed E-state index contributed by atoms with van der Waals surface area (Å²) in [5.41, 5.74) is -0.620. The summed E-state index contributed by atoms with van der Waals surface area (Å²) in [5.74, 6) is 1.56. The summed E-state index contributed by atoms with van der Waals surface area (Å²) in [5, 5.41) is 3.34. The molecule has 2 atom stereocenters. The van der Waals surface area contributed by atoms with E-state index in [0.29, 0.717) is 17.7 Å². The molecule has 0 spiro atoms. The number of halogens is 4. The molecule has 3 nitrogen and oxygen atoms in total. The quantitative estimate of drug-likeness (QED) is 0.864. The zero-order valence-corrected chi connectivity index (χ0v) is 11.7. The number of hydrogen-bond acceptors (Lipinski definition) is 3. The first-order chi connectivity index (χ1) is 9.04. The minimum atomic E-state index is -4.30. The Kier molecular flexibility index (Phi) is 4.44. The summed E-state index contributed by atoms with van der Waals surface area (Å²) in [6.07, 6.45) is -1.95. The van der Waals surface area contributed by atoms with Gasteiger partial charge in [0.1, 0.15) is 5.82 Å². The van der Waals surface area contributed by atoms with Crippen LogP contribution in [-0.2, 0) is 6.18 Å². The molecule has 0 aromatic carbocycles. The van der Waals surface area contributed by atoms with Crippen LogP contribution < -0.4 is 10.2 Å². The lowest BCUT2D eigenvalue weighted by Crippen LogP contribution is -2.35. The number of nitrogens with one attached hydrogen (secondary N) is 1. The van der Waals surface area contributed by atoms with E-state index in [0.717, 1.165) is 44.7 Å². The molecule has 3 rings (SSSR count). The number of fused-ring (bicyclic) bond motifs is 1. The van der Waals surface area contributed by atoms with E-state index >= 15 is 0 Å². The maximum atomic E-state index is 12.7. The molecule has 0 unspecified atom stereocenters. The van der Waals surface area contributed by atoms with Gasteiger partial charge in [-0.1, -0.05) is 0 Å². The summed E-state index contributed by atoms with van der Waals surface area (Å²) >= 11 is 0. The Morgan fingerprint density at radius 3 is 2.70 bits per heavy atom. The number of pyridine rings is 1. The van der Waals surface area contributed by atoms with Crippen LogP contribution in [0.15, 0.2) is 18.3 Å². The van der Waals surface area contributed by atoms with Gasteiger partial charge in [-0.2, -0.15) is 13.2 Å². The fourth-order valence-corrected chi connectivity index (χ4v) is 3.03. The Balaban J connectivity index is 0.00000147. The van der Waals surface area contributed by atoms with Crippen molar-refractivity contribution in [2.24, 2.45) is 11.8 Å². The zero-order valence-electron chi connectivity index (χ0n) is 10.9. The molecule has 2 saturated heterocycles. The van der Waals surface area contributed by atoms with Crippen LogP contribution in [0.5, 0.6) is 0 Å². The Hall–Kier alpha value is -1.01. The van der Waals surface area contributed by atoms with Crippen molar-refractivity contribution < 1.29 is 13.2 Å². The molecule has 0 bridgehead atoms. The highest BCUT2D eigenvalue weighted by atomic mass is 35.5. The van der Waals surface area contributed by atoms with Gasteiger partial charge in [0, 0.05) is 19.3 Å². The molecule has 1 aromatic rings. The smallest absolute Gasteiger partial charge is 0.356 e. The molecule has 0 radical (unpaired) electrons. The molecule has 3 heterocycles. The van der Waals surface area contributed by atoms with Crippen LogP contribution in [0.3, 0.4) is 0 Å². The molecule has 20 heavy (non-hydrogen) atoms. The number of piperidine rings is 1. The number of anilines is 1. The summed E-state index contributed by atoms with van der Waals surface area (Å²) < 4.78 is 38.1. The molecule has 0 aliphatic carbocycles. The standard InChI is InChI=1S/C13H16F3N3.ClH/c14-13(15,16)11-2-4-18-12(5-11)19-7-9-1-3-17-6-10(9)8-19;/h2,4-5,9-10,17H,1,3,6-8H2;1H/t9-,10+;/m0./s1. The third-order valence-corrected chi connectivity index (χ3v) is 4.07. The summed E-state index contributed by atoms with van der Waals surface area (Å²) in [4.78, 5) is 6.08. The third-order valence-electron chi connectivity index (χ3n) is 4.07. The molecule has 1 N–H and O–H groups in total. The van der Waals surface area contributed by atoms with Gasteiger partial charge in [-0.3, -0.25) is 0 Å². The fraction of sp³-hybridized carbons (Fsp3) is 0.615. The van der Waals surface area contributed by atoms with Gasteiger partial charge < -0.3 is 10.2 Å². The second kappa shape index (κ2) is 5.77. The van der Waals surface area contributed by atoms with Crippen molar-refractivity contribution in [3.8, 4) is 0 Å². The Morgan fingerprint density at radius 1 is 1.25 bits per heavy atom. The van der Waals surface area contributed by atoms with Crippen molar-refractivity contribution in [1.82, 2.24) is 10.3 Å². The maximum Gasteiger partial charge on any atom is 0.416 e. The molecular weight excluding hydrogens is 291 g/mol. The lowest BCUT2D eigenvalue weighted by Gasteiger charge is -2.23. The van der Waals surface area contributed by atoms with Crippen LogP contribution in [0.25, 0.3) is 0 Å². The van der Waals surface area contributed by atoms with E-state index in [9.17, 15) is 13.2 Å². The predicted molar refractivity (Wildman–Crippen MR) is 73.2 cm³/mol. The molecule has 112 valence electrons.